The van der Waals surface area contributed by atoms with Crippen molar-refractivity contribution >= 4 is 43.4 Å². The number of rotatable bonds is 3. The topological polar surface area (TPSA) is 25.8 Å². The van der Waals surface area contributed by atoms with Crippen LogP contribution in [0.5, 0.6) is 0 Å². The van der Waals surface area contributed by atoms with Gasteiger partial charge in [0, 0.05) is 11.1 Å². The highest BCUT2D eigenvalue weighted by molar-refractivity contribution is 6.24. The lowest BCUT2D eigenvalue weighted by atomic mass is 9.90. The summed E-state index contributed by atoms with van der Waals surface area (Å²) in [6.45, 7) is 0. The second-order valence-corrected chi connectivity index (χ2v) is 10.2. The molecule has 1 aromatic heterocycles. The van der Waals surface area contributed by atoms with Gasteiger partial charge in [-0.2, -0.15) is 0 Å². The van der Waals surface area contributed by atoms with Crippen molar-refractivity contribution in [2.24, 2.45) is 0 Å². The monoisotopic (exact) mass is 508 g/mol. The number of nitrogens with zero attached hydrogens (tertiary/aromatic N) is 2. The van der Waals surface area contributed by atoms with Crippen LogP contribution in [0.1, 0.15) is 0 Å². The fourth-order valence-electron chi connectivity index (χ4n) is 5.98. The van der Waals surface area contributed by atoms with Crippen LogP contribution in [-0.2, 0) is 0 Å². The first-order chi connectivity index (χ1) is 19.8. The molecule has 0 amide bonds. The lowest BCUT2D eigenvalue weighted by Gasteiger charge is -2.14. The molecule has 0 aliphatic heterocycles. The zero-order chi connectivity index (χ0) is 26.5. The molecule has 0 saturated heterocycles. The molecule has 0 unspecified atom stereocenters. The zero-order valence-corrected chi connectivity index (χ0v) is 21.8. The Balaban J connectivity index is 1.39. The van der Waals surface area contributed by atoms with Crippen LogP contribution in [0.2, 0.25) is 0 Å². The third-order valence-corrected chi connectivity index (χ3v) is 7.88. The van der Waals surface area contributed by atoms with E-state index < -0.39 is 0 Å². The first kappa shape index (κ1) is 22.6. The van der Waals surface area contributed by atoms with E-state index in [0.29, 0.717) is 0 Å². The standard InChI is InChI=1S/C38H24N2/c1-2-9-25(10-3-1)29-13-6-14-30(23-29)35-24-39-34-18-8-17-33(38(34)40-35)32-16-7-12-27-21-22-28-20-19-26-11-4-5-15-31(26)36(28)37(27)32/h1-24H. The maximum absolute atomic E-state index is 5.24. The highest BCUT2D eigenvalue weighted by atomic mass is 14.8. The number of fused-ring (bicyclic) bond motifs is 6. The van der Waals surface area contributed by atoms with Crippen LogP contribution in [0.4, 0.5) is 0 Å². The van der Waals surface area contributed by atoms with Crippen LogP contribution in [0.3, 0.4) is 0 Å². The Hall–Kier alpha value is -5.34. The van der Waals surface area contributed by atoms with Crippen LogP contribution in [-0.4, -0.2) is 9.97 Å². The second-order valence-electron chi connectivity index (χ2n) is 10.2. The van der Waals surface area contributed by atoms with Gasteiger partial charge < -0.3 is 0 Å². The third kappa shape index (κ3) is 3.65. The summed E-state index contributed by atoms with van der Waals surface area (Å²) < 4.78 is 0. The van der Waals surface area contributed by atoms with Gasteiger partial charge in [0.25, 0.3) is 0 Å². The molecule has 0 aliphatic carbocycles. The zero-order valence-electron chi connectivity index (χ0n) is 21.8. The van der Waals surface area contributed by atoms with Gasteiger partial charge in [-0.3, -0.25) is 4.98 Å². The average molecular weight is 509 g/mol. The quantitative estimate of drug-likeness (QED) is 0.222. The molecule has 0 bridgehead atoms. The molecule has 0 saturated carbocycles. The van der Waals surface area contributed by atoms with E-state index in [4.69, 9.17) is 9.97 Å². The van der Waals surface area contributed by atoms with E-state index in [9.17, 15) is 0 Å². The van der Waals surface area contributed by atoms with Crippen molar-refractivity contribution in [3.8, 4) is 33.5 Å². The van der Waals surface area contributed by atoms with Gasteiger partial charge in [-0.25, -0.2) is 4.98 Å². The summed E-state index contributed by atoms with van der Waals surface area (Å²) in [4.78, 5) is 10.1. The van der Waals surface area contributed by atoms with Gasteiger partial charge in [0.1, 0.15) is 0 Å². The molecular weight excluding hydrogens is 484 g/mol. The predicted octanol–water partition coefficient (Wildman–Crippen LogP) is 10.1. The minimum atomic E-state index is 0.869. The van der Waals surface area contributed by atoms with Crippen molar-refractivity contribution < 1.29 is 0 Å². The van der Waals surface area contributed by atoms with E-state index in [0.717, 1.165) is 27.9 Å². The fraction of sp³-hybridized carbons (Fsp3) is 0. The number of hydrogen-bond donors (Lipinski definition) is 0. The molecule has 40 heavy (non-hydrogen) atoms. The predicted molar refractivity (Wildman–Crippen MR) is 168 cm³/mol. The number of para-hydroxylation sites is 1. The molecule has 0 spiro atoms. The number of aromatic nitrogens is 2. The Morgan fingerprint density at radius 1 is 0.425 bits per heavy atom. The van der Waals surface area contributed by atoms with E-state index >= 15 is 0 Å². The molecular formula is C38H24N2. The average Bonchev–Trinajstić information content (AvgIpc) is 3.04. The van der Waals surface area contributed by atoms with Gasteiger partial charge in [0.05, 0.1) is 22.9 Å². The summed E-state index contributed by atoms with van der Waals surface area (Å²) in [6.07, 6.45) is 1.89. The van der Waals surface area contributed by atoms with Crippen molar-refractivity contribution in [2.45, 2.75) is 0 Å². The minimum Gasteiger partial charge on any atom is -0.252 e. The van der Waals surface area contributed by atoms with Crippen LogP contribution in [0.15, 0.2) is 146 Å². The van der Waals surface area contributed by atoms with Crippen molar-refractivity contribution in [3.05, 3.63) is 146 Å². The lowest BCUT2D eigenvalue weighted by molar-refractivity contribution is 1.29. The lowest BCUT2D eigenvalue weighted by Crippen LogP contribution is -1.93. The van der Waals surface area contributed by atoms with Gasteiger partial charge in [0.2, 0.25) is 0 Å². The molecule has 8 rings (SSSR count). The van der Waals surface area contributed by atoms with Gasteiger partial charge in [-0.05, 0) is 61.1 Å². The molecule has 2 nitrogen and oxygen atoms in total. The van der Waals surface area contributed by atoms with E-state index in [-0.39, 0.29) is 0 Å². The van der Waals surface area contributed by atoms with Gasteiger partial charge in [-0.15, -0.1) is 0 Å². The summed E-state index contributed by atoms with van der Waals surface area (Å²) in [5, 5.41) is 7.50. The summed E-state index contributed by atoms with van der Waals surface area (Å²) in [6, 6.07) is 49.5. The SMILES string of the molecule is c1ccc(-c2cccc(-c3cnc4cccc(-c5cccc6ccc7ccc8ccccc8c7c56)c4n3)c2)cc1. The second kappa shape index (κ2) is 9.14. The van der Waals surface area contributed by atoms with Gasteiger partial charge >= 0.3 is 0 Å². The molecule has 0 aliphatic rings. The van der Waals surface area contributed by atoms with Crippen LogP contribution >= 0.6 is 0 Å². The molecule has 2 heteroatoms. The normalized spacial score (nSPS) is 11.5. The molecule has 7 aromatic carbocycles. The van der Waals surface area contributed by atoms with Crippen molar-refractivity contribution in [1.82, 2.24) is 9.97 Å². The third-order valence-electron chi connectivity index (χ3n) is 7.88. The Labute approximate surface area is 232 Å². The summed E-state index contributed by atoms with van der Waals surface area (Å²) >= 11 is 0. The van der Waals surface area contributed by atoms with Crippen LogP contribution in [0.25, 0.3) is 76.9 Å². The van der Waals surface area contributed by atoms with Crippen LogP contribution < -0.4 is 0 Å². The summed E-state index contributed by atoms with van der Waals surface area (Å²) in [5.41, 5.74) is 8.35. The van der Waals surface area contributed by atoms with E-state index in [1.54, 1.807) is 0 Å². The van der Waals surface area contributed by atoms with Crippen LogP contribution in [0, 0.1) is 0 Å². The Kier molecular flexibility index (Phi) is 5.17. The number of hydrogen-bond acceptors (Lipinski definition) is 2. The highest BCUT2D eigenvalue weighted by Crippen LogP contribution is 2.40. The van der Waals surface area contributed by atoms with E-state index in [1.807, 2.05) is 12.3 Å². The Bertz CT molecular complexity index is 2210. The van der Waals surface area contributed by atoms with Crippen molar-refractivity contribution in [2.75, 3.05) is 0 Å². The highest BCUT2D eigenvalue weighted by Gasteiger charge is 2.15. The minimum absolute atomic E-state index is 0.869. The summed E-state index contributed by atoms with van der Waals surface area (Å²) in [5.74, 6) is 0. The smallest absolute Gasteiger partial charge is 0.0972 e. The molecule has 0 fully saturated rings. The molecule has 1 heterocycles. The molecule has 0 atom stereocenters. The Morgan fingerprint density at radius 2 is 1.07 bits per heavy atom. The first-order valence-corrected chi connectivity index (χ1v) is 13.6. The molecule has 8 aromatic rings. The number of benzene rings is 7. The first-order valence-electron chi connectivity index (χ1n) is 13.6. The molecule has 0 radical (unpaired) electrons. The van der Waals surface area contributed by atoms with E-state index in [2.05, 4.69) is 133 Å². The van der Waals surface area contributed by atoms with E-state index in [1.165, 1.54) is 49.0 Å². The van der Waals surface area contributed by atoms with Gasteiger partial charge in [0.15, 0.2) is 0 Å². The Morgan fingerprint density at radius 3 is 1.98 bits per heavy atom. The van der Waals surface area contributed by atoms with Gasteiger partial charge in [-0.1, -0.05) is 127 Å². The maximum Gasteiger partial charge on any atom is 0.0972 e. The summed E-state index contributed by atoms with van der Waals surface area (Å²) in [7, 11) is 0. The largest absolute Gasteiger partial charge is 0.252 e. The van der Waals surface area contributed by atoms with Crippen molar-refractivity contribution in [3.63, 3.8) is 0 Å². The molecule has 186 valence electrons. The maximum atomic E-state index is 5.24. The fourth-order valence-corrected chi connectivity index (χ4v) is 5.98. The molecule has 0 N–H and O–H groups in total. The van der Waals surface area contributed by atoms with Crippen molar-refractivity contribution in [1.29, 1.82) is 0 Å².